The Balaban J connectivity index is 2.33. The predicted octanol–water partition coefficient (Wildman–Crippen LogP) is 2.81. The first kappa shape index (κ1) is 18.2. The molecule has 0 aliphatic carbocycles. The van der Waals surface area contributed by atoms with Gasteiger partial charge in [0.1, 0.15) is 0 Å². The van der Waals surface area contributed by atoms with Gasteiger partial charge in [-0.15, -0.1) is 0 Å². The maximum atomic E-state index is 12.8. The first-order chi connectivity index (χ1) is 10.6. The Hall–Kier alpha value is -1.12. The summed E-state index contributed by atoms with van der Waals surface area (Å²) in [7, 11) is -0.168. The Bertz CT molecular complexity index is 644. The molecule has 2 rings (SSSR count). The van der Waals surface area contributed by atoms with Crippen LogP contribution in [0.5, 0.6) is 0 Å². The third kappa shape index (κ3) is 4.24. The van der Waals surface area contributed by atoms with Crippen molar-refractivity contribution in [2.75, 3.05) is 27.2 Å². The third-order valence-corrected chi connectivity index (χ3v) is 6.00. The van der Waals surface area contributed by atoms with Crippen LogP contribution in [0.3, 0.4) is 0 Å². The van der Waals surface area contributed by atoms with Gasteiger partial charge in [-0.05, 0) is 45.1 Å². The van der Waals surface area contributed by atoms with Crippen molar-refractivity contribution in [1.29, 1.82) is 0 Å². The highest BCUT2D eigenvalue weighted by Crippen LogP contribution is 2.31. The van der Waals surface area contributed by atoms with E-state index in [0.29, 0.717) is 25.6 Å². The van der Waals surface area contributed by atoms with Crippen LogP contribution in [-0.2, 0) is 16.2 Å². The van der Waals surface area contributed by atoms with Gasteiger partial charge in [0.15, 0.2) is 0 Å². The molecule has 1 aliphatic rings. The van der Waals surface area contributed by atoms with Crippen molar-refractivity contribution in [3.05, 3.63) is 29.8 Å². The normalized spacial score (nSPS) is 21.4. The van der Waals surface area contributed by atoms with E-state index in [1.807, 2.05) is 19.0 Å². The maximum absolute atomic E-state index is 12.8. The van der Waals surface area contributed by atoms with E-state index in [2.05, 4.69) is 0 Å². The van der Waals surface area contributed by atoms with E-state index in [1.165, 1.54) is 10.4 Å². The molecule has 130 valence electrons. The molecule has 4 nitrogen and oxygen atoms in total. The minimum absolute atomic E-state index is 0.0677. The van der Waals surface area contributed by atoms with Crippen LogP contribution >= 0.6 is 0 Å². The van der Waals surface area contributed by atoms with E-state index in [-0.39, 0.29) is 10.9 Å². The molecule has 0 radical (unpaired) electrons. The van der Waals surface area contributed by atoms with Gasteiger partial charge in [-0.25, -0.2) is 8.42 Å². The lowest BCUT2D eigenvalue weighted by atomic mass is 10.1. The van der Waals surface area contributed by atoms with Crippen molar-refractivity contribution < 1.29 is 21.6 Å². The number of hydrogen-bond donors (Lipinski definition) is 0. The fraction of sp³-hybridized carbons (Fsp3) is 0.600. The van der Waals surface area contributed by atoms with E-state index < -0.39 is 21.8 Å². The minimum Gasteiger partial charge on any atom is -0.305 e. The Morgan fingerprint density at radius 2 is 1.91 bits per heavy atom. The van der Waals surface area contributed by atoms with Crippen molar-refractivity contribution in [1.82, 2.24) is 9.21 Å². The molecule has 0 N–H and O–H groups in total. The number of likely N-dealkylation sites (N-methyl/N-ethyl adjacent to an activating group) is 1. The zero-order valence-electron chi connectivity index (χ0n) is 13.2. The molecule has 1 fully saturated rings. The molecule has 1 atom stereocenters. The first-order valence-corrected chi connectivity index (χ1v) is 8.90. The van der Waals surface area contributed by atoms with Gasteiger partial charge in [0.05, 0.1) is 10.5 Å². The zero-order chi connectivity index (χ0) is 17.3. The van der Waals surface area contributed by atoms with E-state index in [9.17, 15) is 21.6 Å². The highest BCUT2D eigenvalue weighted by atomic mass is 32.2. The van der Waals surface area contributed by atoms with Gasteiger partial charge < -0.3 is 4.90 Å². The maximum Gasteiger partial charge on any atom is 0.416 e. The second kappa shape index (κ2) is 6.78. The van der Waals surface area contributed by atoms with Gasteiger partial charge in [0.2, 0.25) is 10.0 Å². The number of benzene rings is 1. The van der Waals surface area contributed by atoms with E-state index in [0.717, 1.165) is 25.0 Å². The Labute approximate surface area is 134 Å². The van der Waals surface area contributed by atoms with Crippen molar-refractivity contribution in [3.8, 4) is 0 Å². The second-order valence-electron chi connectivity index (χ2n) is 6.00. The van der Waals surface area contributed by atoms with Crippen LogP contribution in [0.25, 0.3) is 0 Å². The van der Waals surface area contributed by atoms with Crippen molar-refractivity contribution in [2.24, 2.45) is 0 Å². The topological polar surface area (TPSA) is 40.6 Å². The predicted molar refractivity (Wildman–Crippen MR) is 81.5 cm³/mol. The van der Waals surface area contributed by atoms with Crippen LogP contribution in [-0.4, -0.2) is 50.8 Å². The van der Waals surface area contributed by atoms with Crippen LogP contribution in [0.2, 0.25) is 0 Å². The first-order valence-electron chi connectivity index (χ1n) is 7.46. The molecule has 0 amide bonds. The number of rotatable bonds is 3. The SMILES string of the molecule is CN(C)[C@H]1CCCCN(S(=O)(=O)c2cccc(C(F)(F)F)c2)C1. The summed E-state index contributed by atoms with van der Waals surface area (Å²) in [5.41, 5.74) is -0.947. The summed E-state index contributed by atoms with van der Waals surface area (Å²) >= 11 is 0. The average Bonchev–Trinajstić information content (AvgIpc) is 2.73. The summed E-state index contributed by atoms with van der Waals surface area (Å²) in [6.07, 6.45) is -2.07. The highest BCUT2D eigenvalue weighted by molar-refractivity contribution is 7.89. The highest BCUT2D eigenvalue weighted by Gasteiger charge is 2.34. The number of hydrogen-bond acceptors (Lipinski definition) is 3. The van der Waals surface area contributed by atoms with E-state index in [1.54, 1.807) is 0 Å². The summed E-state index contributed by atoms with van der Waals surface area (Å²) in [5, 5.41) is 0. The van der Waals surface area contributed by atoms with Gasteiger partial charge in [-0.3, -0.25) is 0 Å². The van der Waals surface area contributed by atoms with Gasteiger partial charge in [-0.2, -0.15) is 17.5 Å². The molecule has 1 aromatic rings. The van der Waals surface area contributed by atoms with Crippen molar-refractivity contribution in [2.45, 2.75) is 36.4 Å². The van der Waals surface area contributed by atoms with Crippen LogP contribution in [0.1, 0.15) is 24.8 Å². The zero-order valence-corrected chi connectivity index (χ0v) is 14.0. The monoisotopic (exact) mass is 350 g/mol. The van der Waals surface area contributed by atoms with Crippen molar-refractivity contribution in [3.63, 3.8) is 0 Å². The molecule has 0 spiro atoms. The molecule has 23 heavy (non-hydrogen) atoms. The largest absolute Gasteiger partial charge is 0.416 e. The average molecular weight is 350 g/mol. The fourth-order valence-corrected chi connectivity index (χ4v) is 4.27. The van der Waals surface area contributed by atoms with Crippen LogP contribution in [0.4, 0.5) is 13.2 Å². The molecular formula is C15H21F3N2O2S. The summed E-state index contributed by atoms with van der Waals surface area (Å²) in [6, 6.07) is 4.02. The molecule has 1 aromatic carbocycles. The fourth-order valence-electron chi connectivity index (χ4n) is 2.71. The summed E-state index contributed by atoms with van der Waals surface area (Å²) in [4.78, 5) is 1.66. The Morgan fingerprint density at radius 3 is 2.52 bits per heavy atom. The quantitative estimate of drug-likeness (QED) is 0.842. The third-order valence-electron chi connectivity index (χ3n) is 4.14. The number of nitrogens with zero attached hydrogens (tertiary/aromatic N) is 2. The lowest BCUT2D eigenvalue weighted by molar-refractivity contribution is -0.137. The van der Waals surface area contributed by atoms with Crippen molar-refractivity contribution >= 4 is 10.0 Å². The standard InChI is InChI=1S/C15H21F3N2O2S/c1-19(2)13-7-3-4-9-20(11-13)23(21,22)14-8-5-6-12(10-14)15(16,17)18/h5-6,8,10,13H,3-4,7,9,11H2,1-2H3/t13-/m0/s1. The van der Waals surface area contributed by atoms with Crippen LogP contribution in [0, 0.1) is 0 Å². The summed E-state index contributed by atoms with van der Waals surface area (Å²) < 4.78 is 65.2. The molecule has 0 aromatic heterocycles. The molecule has 8 heteroatoms. The summed E-state index contributed by atoms with van der Waals surface area (Å²) in [5.74, 6) is 0. The Kier molecular flexibility index (Phi) is 5.37. The summed E-state index contributed by atoms with van der Waals surface area (Å²) in [6.45, 7) is 0.633. The van der Waals surface area contributed by atoms with E-state index in [4.69, 9.17) is 0 Å². The van der Waals surface area contributed by atoms with Gasteiger partial charge in [-0.1, -0.05) is 12.5 Å². The number of sulfonamides is 1. The van der Waals surface area contributed by atoms with E-state index >= 15 is 0 Å². The minimum atomic E-state index is -4.56. The van der Waals surface area contributed by atoms with Gasteiger partial charge >= 0.3 is 6.18 Å². The number of alkyl halides is 3. The molecule has 1 aliphatic heterocycles. The Morgan fingerprint density at radius 1 is 1.22 bits per heavy atom. The van der Waals surface area contributed by atoms with Gasteiger partial charge in [0.25, 0.3) is 0 Å². The smallest absolute Gasteiger partial charge is 0.305 e. The van der Waals surface area contributed by atoms with Crippen LogP contribution < -0.4 is 0 Å². The lowest BCUT2D eigenvalue weighted by Crippen LogP contribution is -2.41. The molecule has 0 saturated carbocycles. The lowest BCUT2D eigenvalue weighted by Gasteiger charge is -2.28. The molecule has 1 saturated heterocycles. The van der Waals surface area contributed by atoms with Gasteiger partial charge in [0, 0.05) is 19.1 Å². The number of halogens is 3. The molecular weight excluding hydrogens is 329 g/mol. The molecule has 0 unspecified atom stereocenters. The molecule has 1 heterocycles. The molecule has 0 bridgehead atoms. The van der Waals surface area contributed by atoms with Crippen LogP contribution in [0.15, 0.2) is 29.2 Å². The second-order valence-corrected chi connectivity index (χ2v) is 7.94.